The zero-order valence-electron chi connectivity index (χ0n) is 8.04. The lowest BCUT2D eigenvalue weighted by Crippen LogP contribution is -2.55. The van der Waals surface area contributed by atoms with Gasteiger partial charge in [-0.2, -0.15) is 0 Å². The van der Waals surface area contributed by atoms with Crippen LogP contribution in [-0.2, 0) is 19.0 Å². The molecule has 0 radical (unpaired) electrons. The minimum Gasteiger partial charge on any atom is -0.457 e. The molecular formula is C8H14O6. The number of carbonyl (C=O) groups excluding carboxylic acids is 1. The van der Waals surface area contributed by atoms with Crippen molar-refractivity contribution in [2.45, 2.75) is 31.5 Å². The summed E-state index contributed by atoms with van der Waals surface area (Å²) in [6, 6.07) is 0. The fraction of sp³-hybridized carbons (Fsp3) is 0.875. The fourth-order valence-corrected chi connectivity index (χ4v) is 1.32. The second kappa shape index (κ2) is 4.70. The molecule has 1 aliphatic heterocycles. The summed E-state index contributed by atoms with van der Waals surface area (Å²) in [6.45, 7) is 1.17. The van der Waals surface area contributed by atoms with E-state index in [0.29, 0.717) is 0 Å². The molecule has 6 heteroatoms. The number of ether oxygens (including phenoxy) is 3. The number of hydrogen-bond donors (Lipinski definition) is 2. The summed E-state index contributed by atoms with van der Waals surface area (Å²) in [5.41, 5.74) is 0. The summed E-state index contributed by atoms with van der Waals surface area (Å²) in [7, 11) is 1.36. The number of esters is 1. The third-order valence-corrected chi connectivity index (χ3v) is 1.96. The molecule has 0 aliphatic carbocycles. The van der Waals surface area contributed by atoms with Gasteiger partial charge in [0.25, 0.3) is 0 Å². The van der Waals surface area contributed by atoms with Gasteiger partial charge in [-0.1, -0.05) is 0 Å². The van der Waals surface area contributed by atoms with Gasteiger partial charge in [-0.05, 0) is 0 Å². The monoisotopic (exact) mass is 206 g/mol. The standard InChI is InChI=1S/C8H14O6/c1-4(9)14-7-5(10)3-13-8(12-2)6(7)11/h5-8,10-11H,3H2,1-2H3/t5-,6-,7+,8-/m1/s1. The molecule has 1 rings (SSSR count). The largest absolute Gasteiger partial charge is 0.457 e. The van der Waals surface area contributed by atoms with Crippen LogP contribution in [0.2, 0.25) is 0 Å². The highest BCUT2D eigenvalue weighted by atomic mass is 16.7. The van der Waals surface area contributed by atoms with E-state index in [9.17, 15) is 15.0 Å². The molecule has 1 aliphatic rings. The van der Waals surface area contributed by atoms with Gasteiger partial charge >= 0.3 is 5.97 Å². The third kappa shape index (κ3) is 2.42. The predicted molar refractivity (Wildman–Crippen MR) is 44.3 cm³/mol. The number of carbonyl (C=O) groups is 1. The molecule has 1 heterocycles. The molecule has 0 aromatic carbocycles. The Bertz CT molecular complexity index is 206. The molecule has 0 saturated carbocycles. The quantitative estimate of drug-likeness (QED) is 0.543. The molecule has 2 N–H and O–H groups in total. The van der Waals surface area contributed by atoms with Crippen molar-refractivity contribution in [3.8, 4) is 0 Å². The van der Waals surface area contributed by atoms with Gasteiger partial charge in [-0.3, -0.25) is 4.79 Å². The average Bonchev–Trinajstić information content (AvgIpc) is 2.12. The minimum absolute atomic E-state index is 0.0342. The second-order valence-electron chi connectivity index (χ2n) is 3.07. The predicted octanol–water partition coefficient (Wildman–Crippen LogP) is -1.36. The fourth-order valence-electron chi connectivity index (χ4n) is 1.32. The van der Waals surface area contributed by atoms with E-state index in [1.54, 1.807) is 0 Å². The SMILES string of the molecule is CO[C@@H]1OC[C@@H](O)[C@H](OC(C)=O)[C@H]1O. The van der Waals surface area contributed by atoms with Crippen LogP contribution in [0.5, 0.6) is 0 Å². The van der Waals surface area contributed by atoms with E-state index in [4.69, 9.17) is 14.2 Å². The lowest BCUT2D eigenvalue weighted by atomic mass is 10.1. The second-order valence-corrected chi connectivity index (χ2v) is 3.07. The highest BCUT2D eigenvalue weighted by molar-refractivity contribution is 5.66. The van der Waals surface area contributed by atoms with Crippen LogP contribution in [0.3, 0.4) is 0 Å². The Morgan fingerprint density at radius 3 is 2.64 bits per heavy atom. The zero-order valence-corrected chi connectivity index (χ0v) is 8.04. The average molecular weight is 206 g/mol. The van der Waals surface area contributed by atoms with Gasteiger partial charge in [0.2, 0.25) is 0 Å². The van der Waals surface area contributed by atoms with Crippen molar-refractivity contribution < 1.29 is 29.2 Å². The molecule has 0 spiro atoms. The number of methoxy groups -OCH3 is 1. The van der Waals surface area contributed by atoms with Crippen LogP contribution in [0.4, 0.5) is 0 Å². The van der Waals surface area contributed by atoms with Crippen molar-refractivity contribution in [3.05, 3.63) is 0 Å². The Labute approximate surface area is 81.4 Å². The van der Waals surface area contributed by atoms with Crippen molar-refractivity contribution in [1.82, 2.24) is 0 Å². The topological polar surface area (TPSA) is 85.2 Å². The van der Waals surface area contributed by atoms with E-state index >= 15 is 0 Å². The van der Waals surface area contributed by atoms with Crippen LogP contribution in [0.15, 0.2) is 0 Å². The Hall–Kier alpha value is -0.690. The normalized spacial score (nSPS) is 38.0. The highest BCUT2D eigenvalue weighted by Crippen LogP contribution is 2.18. The summed E-state index contributed by atoms with van der Waals surface area (Å²) in [4.78, 5) is 10.7. The van der Waals surface area contributed by atoms with E-state index in [-0.39, 0.29) is 6.61 Å². The summed E-state index contributed by atoms with van der Waals surface area (Å²) < 4.78 is 14.5. The zero-order chi connectivity index (χ0) is 10.7. The van der Waals surface area contributed by atoms with Crippen molar-refractivity contribution in [2.24, 2.45) is 0 Å². The molecule has 4 atom stereocenters. The molecule has 0 amide bonds. The van der Waals surface area contributed by atoms with Crippen LogP contribution in [-0.4, -0.2) is 54.5 Å². The number of aliphatic hydroxyl groups is 2. The minimum atomic E-state index is -1.17. The van der Waals surface area contributed by atoms with E-state index in [2.05, 4.69) is 0 Å². The first-order valence-corrected chi connectivity index (χ1v) is 4.24. The molecule has 6 nitrogen and oxygen atoms in total. The molecule has 1 saturated heterocycles. The van der Waals surface area contributed by atoms with Crippen molar-refractivity contribution in [3.63, 3.8) is 0 Å². The molecular weight excluding hydrogens is 192 g/mol. The lowest BCUT2D eigenvalue weighted by Gasteiger charge is -2.36. The van der Waals surface area contributed by atoms with Gasteiger partial charge < -0.3 is 24.4 Å². The van der Waals surface area contributed by atoms with Crippen LogP contribution in [0, 0.1) is 0 Å². The van der Waals surface area contributed by atoms with Crippen molar-refractivity contribution in [1.29, 1.82) is 0 Å². The molecule has 82 valence electrons. The van der Waals surface area contributed by atoms with Crippen LogP contribution in [0.25, 0.3) is 0 Å². The van der Waals surface area contributed by atoms with Crippen molar-refractivity contribution in [2.75, 3.05) is 13.7 Å². The third-order valence-electron chi connectivity index (χ3n) is 1.96. The molecule has 0 aromatic heterocycles. The number of rotatable bonds is 2. The molecule has 1 fully saturated rings. The van der Waals surface area contributed by atoms with E-state index < -0.39 is 30.6 Å². The number of aliphatic hydroxyl groups excluding tert-OH is 2. The van der Waals surface area contributed by atoms with Gasteiger partial charge in [-0.25, -0.2) is 0 Å². The van der Waals surface area contributed by atoms with Gasteiger partial charge in [0.15, 0.2) is 12.4 Å². The Morgan fingerprint density at radius 2 is 2.14 bits per heavy atom. The first-order valence-electron chi connectivity index (χ1n) is 4.24. The maximum Gasteiger partial charge on any atom is 0.303 e. The maximum atomic E-state index is 10.7. The van der Waals surface area contributed by atoms with E-state index in [0.717, 1.165) is 0 Å². The summed E-state index contributed by atoms with van der Waals surface area (Å²) in [5.74, 6) is -0.565. The van der Waals surface area contributed by atoms with Gasteiger partial charge in [0.05, 0.1) is 6.61 Å². The lowest BCUT2D eigenvalue weighted by molar-refractivity contribution is -0.266. The molecule has 0 bridgehead atoms. The summed E-state index contributed by atoms with van der Waals surface area (Å²) >= 11 is 0. The molecule has 14 heavy (non-hydrogen) atoms. The number of hydrogen-bond acceptors (Lipinski definition) is 6. The van der Waals surface area contributed by atoms with Crippen LogP contribution >= 0.6 is 0 Å². The van der Waals surface area contributed by atoms with Crippen LogP contribution < -0.4 is 0 Å². The highest BCUT2D eigenvalue weighted by Gasteiger charge is 2.41. The van der Waals surface area contributed by atoms with E-state index in [1.807, 2.05) is 0 Å². The first-order chi connectivity index (χ1) is 6.56. The Balaban J connectivity index is 2.63. The maximum absolute atomic E-state index is 10.7. The summed E-state index contributed by atoms with van der Waals surface area (Å²) in [5, 5.41) is 18.9. The van der Waals surface area contributed by atoms with Gasteiger partial charge in [-0.15, -0.1) is 0 Å². The summed E-state index contributed by atoms with van der Waals surface area (Å²) in [6.07, 6.45) is -4.07. The Morgan fingerprint density at radius 1 is 1.50 bits per heavy atom. The van der Waals surface area contributed by atoms with Crippen LogP contribution in [0.1, 0.15) is 6.92 Å². The molecule has 0 aromatic rings. The van der Waals surface area contributed by atoms with Gasteiger partial charge in [0, 0.05) is 14.0 Å². The van der Waals surface area contributed by atoms with E-state index in [1.165, 1.54) is 14.0 Å². The Kier molecular flexibility index (Phi) is 3.82. The molecule has 0 unspecified atom stereocenters. The smallest absolute Gasteiger partial charge is 0.303 e. The van der Waals surface area contributed by atoms with Crippen molar-refractivity contribution >= 4 is 5.97 Å². The first kappa shape index (κ1) is 11.4. The van der Waals surface area contributed by atoms with Gasteiger partial charge in [0.1, 0.15) is 12.2 Å².